The van der Waals surface area contributed by atoms with Gasteiger partial charge in [0.05, 0.1) is 17.2 Å². The molecule has 1 saturated heterocycles. The molecule has 0 N–H and O–H groups in total. The van der Waals surface area contributed by atoms with Crippen molar-refractivity contribution in [2.75, 3.05) is 19.7 Å². The SMILES string of the molecule is CCCCOc1cccc(-c2nn(-c3ccccc3)cc2/C=C2\SC(N3CCC(Cc4ccccc4)CC3)=NC2=O)c1. The Morgan fingerprint density at radius 2 is 1.74 bits per heavy atom. The molecule has 4 aromatic rings. The zero-order valence-electron chi connectivity index (χ0n) is 24.0. The summed E-state index contributed by atoms with van der Waals surface area (Å²) in [5, 5.41) is 5.77. The lowest BCUT2D eigenvalue weighted by Crippen LogP contribution is -2.37. The third kappa shape index (κ3) is 6.68. The van der Waals surface area contributed by atoms with Crippen molar-refractivity contribution in [3.63, 3.8) is 0 Å². The third-order valence-corrected chi connectivity index (χ3v) is 8.83. The lowest BCUT2D eigenvalue weighted by Gasteiger charge is -2.32. The first-order valence-corrected chi connectivity index (χ1v) is 15.7. The highest BCUT2D eigenvalue weighted by molar-refractivity contribution is 8.18. The first kappa shape index (κ1) is 28.0. The standard InChI is InChI=1S/C35H36N4O2S/c1-2-3-21-41-31-16-10-13-28(23-31)33-29(25-39(37-33)30-14-8-5-9-15-30)24-32-34(40)36-35(42-32)38-19-17-27(18-20-38)22-26-11-6-4-7-12-26/h4-16,23-25,27H,2-3,17-22H2,1H3/b32-24-. The highest BCUT2D eigenvalue weighted by atomic mass is 32.2. The van der Waals surface area contributed by atoms with Crippen molar-refractivity contribution in [1.29, 1.82) is 0 Å². The zero-order chi connectivity index (χ0) is 28.7. The summed E-state index contributed by atoms with van der Waals surface area (Å²) in [5.41, 5.74) is 4.98. The molecule has 2 aliphatic rings. The summed E-state index contributed by atoms with van der Waals surface area (Å²) < 4.78 is 7.85. The molecule has 214 valence electrons. The lowest BCUT2D eigenvalue weighted by atomic mass is 9.90. The molecular formula is C35H36N4O2S. The Hall–Kier alpha value is -4.10. The molecule has 6 nitrogen and oxygen atoms in total. The van der Waals surface area contributed by atoms with Crippen LogP contribution in [0.15, 0.2) is 101 Å². The Bertz CT molecular complexity index is 1570. The summed E-state index contributed by atoms with van der Waals surface area (Å²) in [6.45, 7) is 4.68. The number of amidine groups is 1. The van der Waals surface area contributed by atoms with Crippen molar-refractivity contribution < 1.29 is 9.53 Å². The third-order valence-electron chi connectivity index (χ3n) is 7.79. The normalized spacial score (nSPS) is 16.7. The summed E-state index contributed by atoms with van der Waals surface area (Å²) in [7, 11) is 0. The summed E-state index contributed by atoms with van der Waals surface area (Å²) in [6.07, 6.45) is 9.34. The molecule has 1 aromatic heterocycles. The molecule has 1 fully saturated rings. The lowest BCUT2D eigenvalue weighted by molar-refractivity contribution is -0.113. The van der Waals surface area contributed by atoms with Crippen molar-refractivity contribution in [2.45, 2.75) is 39.0 Å². The van der Waals surface area contributed by atoms with E-state index in [1.54, 1.807) is 0 Å². The average Bonchev–Trinajstić information content (AvgIpc) is 3.62. The molecule has 42 heavy (non-hydrogen) atoms. The number of hydrogen-bond acceptors (Lipinski definition) is 5. The maximum atomic E-state index is 13.1. The van der Waals surface area contributed by atoms with E-state index >= 15 is 0 Å². The summed E-state index contributed by atoms with van der Waals surface area (Å²) >= 11 is 1.48. The number of aromatic nitrogens is 2. The minimum Gasteiger partial charge on any atom is -0.494 e. The van der Waals surface area contributed by atoms with Crippen LogP contribution in [0.1, 0.15) is 43.7 Å². The highest BCUT2D eigenvalue weighted by Crippen LogP contribution is 2.35. The van der Waals surface area contributed by atoms with E-state index in [-0.39, 0.29) is 5.91 Å². The summed E-state index contributed by atoms with van der Waals surface area (Å²) in [6, 6.07) is 28.8. The number of ether oxygens (including phenoxy) is 1. The number of hydrogen-bond donors (Lipinski definition) is 0. The van der Waals surface area contributed by atoms with Crippen LogP contribution in [0.5, 0.6) is 5.75 Å². The molecule has 1 amide bonds. The largest absolute Gasteiger partial charge is 0.494 e. The van der Waals surface area contributed by atoms with Crippen LogP contribution >= 0.6 is 11.8 Å². The van der Waals surface area contributed by atoms with E-state index in [4.69, 9.17) is 9.84 Å². The highest BCUT2D eigenvalue weighted by Gasteiger charge is 2.29. The Morgan fingerprint density at radius 1 is 0.976 bits per heavy atom. The topological polar surface area (TPSA) is 59.7 Å². The number of carbonyl (C=O) groups is 1. The number of carbonyl (C=O) groups excluding carboxylic acids is 1. The average molecular weight is 577 g/mol. The quantitative estimate of drug-likeness (QED) is 0.151. The van der Waals surface area contributed by atoms with Gasteiger partial charge in [0.15, 0.2) is 5.17 Å². The molecule has 7 heteroatoms. The van der Waals surface area contributed by atoms with Gasteiger partial charge in [-0.1, -0.05) is 74.0 Å². The van der Waals surface area contributed by atoms with Crippen LogP contribution in [0.25, 0.3) is 23.0 Å². The molecule has 0 bridgehead atoms. The van der Waals surface area contributed by atoms with E-state index < -0.39 is 0 Å². The van der Waals surface area contributed by atoms with E-state index in [0.29, 0.717) is 17.4 Å². The molecule has 0 atom stereocenters. The molecule has 0 saturated carbocycles. The second kappa shape index (κ2) is 13.3. The molecule has 3 heterocycles. The van der Waals surface area contributed by atoms with Gasteiger partial charge in [0, 0.05) is 30.4 Å². The second-order valence-electron chi connectivity index (χ2n) is 10.9. The Kier molecular flexibility index (Phi) is 8.85. The van der Waals surface area contributed by atoms with Crippen LogP contribution in [-0.4, -0.2) is 45.5 Å². The van der Waals surface area contributed by atoms with Crippen LogP contribution < -0.4 is 4.74 Å². The predicted octanol–water partition coefficient (Wildman–Crippen LogP) is 7.64. The summed E-state index contributed by atoms with van der Waals surface area (Å²) in [4.78, 5) is 20.5. The van der Waals surface area contributed by atoms with Crippen molar-refractivity contribution in [1.82, 2.24) is 14.7 Å². The van der Waals surface area contributed by atoms with E-state index in [1.165, 1.54) is 17.3 Å². The van der Waals surface area contributed by atoms with Crippen molar-refractivity contribution >= 4 is 28.9 Å². The number of thioether (sulfide) groups is 1. The number of para-hydroxylation sites is 1. The van der Waals surface area contributed by atoms with Gasteiger partial charge in [-0.2, -0.15) is 10.1 Å². The van der Waals surface area contributed by atoms with Gasteiger partial charge in [-0.15, -0.1) is 0 Å². The van der Waals surface area contributed by atoms with E-state index in [9.17, 15) is 4.79 Å². The predicted molar refractivity (Wildman–Crippen MR) is 172 cm³/mol. The monoisotopic (exact) mass is 576 g/mol. The fourth-order valence-corrected chi connectivity index (χ4v) is 6.40. The number of piperidine rings is 1. The zero-order valence-corrected chi connectivity index (χ0v) is 24.8. The minimum absolute atomic E-state index is 0.184. The van der Waals surface area contributed by atoms with Gasteiger partial charge in [0.25, 0.3) is 5.91 Å². The number of amides is 1. The Labute approximate surface area is 252 Å². The van der Waals surface area contributed by atoms with Gasteiger partial charge in [-0.05, 0) is 79.3 Å². The van der Waals surface area contributed by atoms with Crippen LogP contribution in [0, 0.1) is 5.92 Å². The smallest absolute Gasteiger partial charge is 0.286 e. The molecule has 0 unspecified atom stereocenters. The van der Waals surface area contributed by atoms with E-state index in [0.717, 1.165) is 78.6 Å². The molecule has 0 aliphatic carbocycles. The van der Waals surface area contributed by atoms with Crippen LogP contribution in [0.4, 0.5) is 0 Å². The minimum atomic E-state index is -0.184. The fourth-order valence-electron chi connectivity index (χ4n) is 5.45. The van der Waals surface area contributed by atoms with Gasteiger partial charge in [-0.25, -0.2) is 4.68 Å². The molecule has 6 rings (SSSR count). The van der Waals surface area contributed by atoms with Crippen LogP contribution in [0.3, 0.4) is 0 Å². The van der Waals surface area contributed by atoms with E-state index in [1.807, 2.05) is 71.6 Å². The number of unbranched alkanes of at least 4 members (excludes halogenated alkanes) is 1. The first-order chi connectivity index (χ1) is 20.7. The van der Waals surface area contributed by atoms with Gasteiger partial charge >= 0.3 is 0 Å². The van der Waals surface area contributed by atoms with Gasteiger partial charge in [-0.3, -0.25) is 4.79 Å². The second-order valence-corrected chi connectivity index (χ2v) is 11.9. The van der Waals surface area contributed by atoms with Crippen molar-refractivity contribution in [3.05, 3.63) is 107 Å². The fraction of sp³-hybridized carbons (Fsp3) is 0.286. The van der Waals surface area contributed by atoms with Gasteiger partial charge < -0.3 is 9.64 Å². The molecule has 2 aliphatic heterocycles. The number of aliphatic imine (C=N–C) groups is 1. The van der Waals surface area contributed by atoms with Crippen molar-refractivity contribution in [3.8, 4) is 22.7 Å². The van der Waals surface area contributed by atoms with Gasteiger partial charge in [0.1, 0.15) is 11.4 Å². The van der Waals surface area contributed by atoms with Crippen LogP contribution in [-0.2, 0) is 11.2 Å². The Balaban J connectivity index is 1.20. The number of nitrogens with zero attached hydrogens (tertiary/aromatic N) is 4. The molecule has 0 radical (unpaired) electrons. The molecule has 0 spiro atoms. The summed E-state index contributed by atoms with van der Waals surface area (Å²) in [5.74, 6) is 1.30. The number of rotatable bonds is 9. The maximum Gasteiger partial charge on any atom is 0.286 e. The number of likely N-dealkylation sites (tertiary alicyclic amines) is 1. The van der Waals surface area contributed by atoms with E-state index in [2.05, 4.69) is 47.1 Å². The van der Waals surface area contributed by atoms with Gasteiger partial charge in [0.2, 0.25) is 0 Å². The van der Waals surface area contributed by atoms with Crippen LogP contribution in [0.2, 0.25) is 0 Å². The molecular weight excluding hydrogens is 540 g/mol. The van der Waals surface area contributed by atoms with Crippen molar-refractivity contribution in [2.24, 2.45) is 10.9 Å². The first-order valence-electron chi connectivity index (χ1n) is 14.9. The number of benzene rings is 3. The maximum absolute atomic E-state index is 13.1. The molecule has 3 aromatic carbocycles. The Morgan fingerprint density at radius 3 is 2.50 bits per heavy atom.